The van der Waals surface area contributed by atoms with Crippen molar-refractivity contribution in [2.75, 3.05) is 11.9 Å². The Balaban J connectivity index is 2.12. The number of amides is 1. The van der Waals surface area contributed by atoms with Crippen LogP contribution in [0.25, 0.3) is 0 Å². The van der Waals surface area contributed by atoms with Crippen molar-refractivity contribution in [2.45, 2.75) is 17.1 Å². The van der Waals surface area contributed by atoms with Crippen molar-refractivity contribution in [3.05, 3.63) is 59.9 Å². The number of halogens is 1. The number of carbonyl (C=O) groups is 1. The third kappa shape index (κ3) is 4.31. The fraction of sp³-hybridized carbons (Fsp3) is 0.188. The van der Waals surface area contributed by atoms with Crippen molar-refractivity contribution >= 4 is 23.4 Å². The van der Waals surface area contributed by atoms with Crippen LogP contribution in [-0.4, -0.2) is 12.5 Å². The number of thioether (sulfide) groups is 1. The van der Waals surface area contributed by atoms with E-state index in [2.05, 4.69) is 5.32 Å². The molecular weight excluding hydrogens is 287 g/mol. The van der Waals surface area contributed by atoms with Crippen LogP contribution >= 0.6 is 11.8 Å². The van der Waals surface area contributed by atoms with Crippen LogP contribution in [0.2, 0.25) is 0 Å². The fourth-order valence-corrected chi connectivity index (χ4v) is 3.00. The normalized spacial score (nSPS) is 12.0. The molecule has 0 saturated carbocycles. The van der Waals surface area contributed by atoms with Crippen LogP contribution in [0.15, 0.2) is 53.4 Å². The van der Waals surface area contributed by atoms with Gasteiger partial charge in [0, 0.05) is 34.9 Å². The van der Waals surface area contributed by atoms with Crippen molar-refractivity contribution in [3.8, 4) is 0 Å². The van der Waals surface area contributed by atoms with E-state index in [1.165, 1.54) is 24.8 Å². The van der Waals surface area contributed by atoms with Crippen LogP contribution in [0.4, 0.5) is 10.1 Å². The summed E-state index contributed by atoms with van der Waals surface area (Å²) in [5.41, 5.74) is 7.12. The molecule has 1 atom stereocenters. The van der Waals surface area contributed by atoms with E-state index in [0.717, 1.165) is 10.6 Å². The number of rotatable bonds is 5. The van der Waals surface area contributed by atoms with Gasteiger partial charge in [-0.3, -0.25) is 4.79 Å². The Bertz CT molecular complexity index is 616. The molecule has 21 heavy (non-hydrogen) atoms. The van der Waals surface area contributed by atoms with E-state index < -0.39 is 0 Å². The van der Waals surface area contributed by atoms with E-state index in [-0.39, 0.29) is 17.0 Å². The van der Waals surface area contributed by atoms with Gasteiger partial charge >= 0.3 is 0 Å². The SMILES string of the molecule is CC(=O)Nc1ccc(SC(CN)c2ccccc2F)cc1. The second-order valence-corrected chi connectivity index (χ2v) is 5.85. The van der Waals surface area contributed by atoms with Crippen molar-refractivity contribution in [3.63, 3.8) is 0 Å². The monoisotopic (exact) mass is 304 g/mol. The molecule has 0 radical (unpaired) electrons. The van der Waals surface area contributed by atoms with Crippen LogP contribution in [0.1, 0.15) is 17.7 Å². The van der Waals surface area contributed by atoms with Gasteiger partial charge in [-0.1, -0.05) is 18.2 Å². The van der Waals surface area contributed by atoms with Gasteiger partial charge in [-0.15, -0.1) is 11.8 Å². The smallest absolute Gasteiger partial charge is 0.221 e. The molecule has 5 heteroatoms. The van der Waals surface area contributed by atoms with E-state index in [0.29, 0.717) is 12.1 Å². The molecular formula is C16H17FN2OS. The third-order valence-electron chi connectivity index (χ3n) is 2.92. The van der Waals surface area contributed by atoms with E-state index in [9.17, 15) is 9.18 Å². The molecule has 3 nitrogen and oxygen atoms in total. The Morgan fingerprint density at radius 2 is 1.90 bits per heavy atom. The summed E-state index contributed by atoms with van der Waals surface area (Å²) < 4.78 is 13.8. The lowest BCUT2D eigenvalue weighted by molar-refractivity contribution is -0.114. The molecule has 2 aromatic rings. The number of nitrogens with one attached hydrogen (secondary N) is 1. The predicted molar refractivity (Wildman–Crippen MR) is 84.8 cm³/mol. The quantitative estimate of drug-likeness (QED) is 0.830. The molecule has 0 saturated heterocycles. The first kappa shape index (κ1) is 15.5. The van der Waals surface area contributed by atoms with Crippen molar-refractivity contribution in [1.82, 2.24) is 0 Å². The first-order valence-electron chi connectivity index (χ1n) is 6.59. The summed E-state index contributed by atoms with van der Waals surface area (Å²) in [6.07, 6.45) is 0. The largest absolute Gasteiger partial charge is 0.329 e. The van der Waals surface area contributed by atoms with Gasteiger partial charge in [-0.25, -0.2) is 4.39 Å². The molecule has 0 fully saturated rings. The molecule has 1 amide bonds. The van der Waals surface area contributed by atoms with Crippen LogP contribution in [0, 0.1) is 5.82 Å². The summed E-state index contributed by atoms with van der Waals surface area (Å²) in [4.78, 5) is 11.9. The number of hydrogen-bond donors (Lipinski definition) is 2. The van der Waals surface area contributed by atoms with Gasteiger partial charge in [0.1, 0.15) is 5.82 Å². The molecule has 2 aromatic carbocycles. The Kier molecular flexibility index (Phi) is 5.36. The minimum absolute atomic E-state index is 0.110. The third-order valence-corrected chi connectivity index (χ3v) is 4.19. The second kappa shape index (κ2) is 7.24. The summed E-state index contributed by atoms with van der Waals surface area (Å²) in [5, 5.41) is 2.57. The first-order valence-corrected chi connectivity index (χ1v) is 7.47. The molecule has 0 aliphatic carbocycles. The van der Waals surface area contributed by atoms with E-state index in [1.807, 2.05) is 30.3 Å². The Morgan fingerprint density at radius 3 is 2.48 bits per heavy atom. The molecule has 2 rings (SSSR count). The zero-order valence-corrected chi connectivity index (χ0v) is 12.5. The van der Waals surface area contributed by atoms with Gasteiger partial charge in [0.25, 0.3) is 0 Å². The summed E-state index contributed by atoms with van der Waals surface area (Å²) in [5.74, 6) is -0.350. The molecule has 0 aliphatic rings. The lowest BCUT2D eigenvalue weighted by Crippen LogP contribution is -2.10. The molecule has 110 valence electrons. The number of hydrogen-bond acceptors (Lipinski definition) is 3. The van der Waals surface area contributed by atoms with E-state index >= 15 is 0 Å². The van der Waals surface area contributed by atoms with Crippen molar-refractivity contribution in [1.29, 1.82) is 0 Å². The van der Waals surface area contributed by atoms with E-state index in [1.54, 1.807) is 12.1 Å². The van der Waals surface area contributed by atoms with Crippen LogP contribution in [0.3, 0.4) is 0 Å². The molecule has 0 aromatic heterocycles. The molecule has 0 bridgehead atoms. The lowest BCUT2D eigenvalue weighted by Gasteiger charge is -2.16. The van der Waals surface area contributed by atoms with Gasteiger partial charge in [-0.05, 0) is 30.3 Å². The fourth-order valence-electron chi connectivity index (χ4n) is 1.96. The van der Waals surface area contributed by atoms with Gasteiger partial charge in [-0.2, -0.15) is 0 Å². The van der Waals surface area contributed by atoms with Crippen LogP contribution in [0.5, 0.6) is 0 Å². The van der Waals surface area contributed by atoms with Gasteiger partial charge in [0.05, 0.1) is 0 Å². The highest BCUT2D eigenvalue weighted by molar-refractivity contribution is 7.99. The summed E-state index contributed by atoms with van der Waals surface area (Å²) in [6.45, 7) is 1.81. The predicted octanol–water partition coefficient (Wildman–Crippen LogP) is 3.58. The van der Waals surface area contributed by atoms with E-state index in [4.69, 9.17) is 5.73 Å². The maximum absolute atomic E-state index is 13.8. The topological polar surface area (TPSA) is 55.1 Å². The minimum atomic E-state index is -0.240. The zero-order chi connectivity index (χ0) is 15.2. The number of nitrogens with two attached hydrogens (primary N) is 1. The number of anilines is 1. The zero-order valence-electron chi connectivity index (χ0n) is 11.7. The van der Waals surface area contributed by atoms with Crippen LogP contribution in [-0.2, 0) is 4.79 Å². The highest BCUT2D eigenvalue weighted by Crippen LogP contribution is 2.35. The highest BCUT2D eigenvalue weighted by Gasteiger charge is 2.15. The Hall–Kier alpha value is -1.85. The van der Waals surface area contributed by atoms with Crippen molar-refractivity contribution < 1.29 is 9.18 Å². The summed E-state index contributed by atoms with van der Waals surface area (Å²) in [6, 6.07) is 14.1. The number of carbonyl (C=O) groups excluding carboxylic acids is 1. The maximum Gasteiger partial charge on any atom is 0.221 e. The molecule has 0 aliphatic heterocycles. The average molecular weight is 304 g/mol. The average Bonchev–Trinajstić information content (AvgIpc) is 2.47. The maximum atomic E-state index is 13.8. The first-order chi connectivity index (χ1) is 10.1. The van der Waals surface area contributed by atoms with Gasteiger partial charge in [0.15, 0.2) is 0 Å². The summed E-state index contributed by atoms with van der Waals surface area (Å²) >= 11 is 1.51. The Morgan fingerprint density at radius 1 is 1.24 bits per heavy atom. The summed E-state index contributed by atoms with van der Waals surface area (Å²) in [7, 11) is 0. The molecule has 0 heterocycles. The Labute approximate surface area is 127 Å². The lowest BCUT2D eigenvalue weighted by atomic mass is 10.1. The molecule has 3 N–H and O–H groups in total. The van der Waals surface area contributed by atoms with Gasteiger partial charge < -0.3 is 11.1 Å². The highest BCUT2D eigenvalue weighted by atomic mass is 32.2. The molecule has 0 spiro atoms. The second-order valence-electron chi connectivity index (χ2n) is 4.57. The molecule has 1 unspecified atom stereocenters. The standard InChI is InChI=1S/C16H17FN2OS/c1-11(20)19-12-6-8-13(9-7-12)21-16(10-18)14-4-2-3-5-15(14)17/h2-9,16H,10,18H2,1H3,(H,19,20). The van der Waals surface area contributed by atoms with Crippen molar-refractivity contribution in [2.24, 2.45) is 5.73 Å². The van der Waals surface area contributed by atoms with Crippen LogP contribution < -0.4 is 11.1 Å². The van der Waals surface area contributed by atoms with Gasteiger partial charge in [0.2, 0.25) is 5.91 Å². The minimum Gasteiger partial charge on any atom is -0.329 e. The number of benzene rings is 2.